The van der Waals surface area contributed by atoms with E-state index in [1.807, 2.05) is 0 Å². The molecule has 0 unspecified atom stereocenters. The maximum Gasteiger partial charge on any atom is 0.491 e. The molecule has 0 aliphatic carbocycles. The monoisotopic (exact) mass is 348 g/mol. The number of amides is 1. The molecule has 0 saturated heterocycles. The van der Waals surface area contributed by atoms with Gasteiger partial charge in [-0.25, -0.2) is 14.7 Å². The van der Waals surface area contributed by atoms with Crippen LogP contribution in [0.2, 0.25) is 0 Å². The van der Waals surface area contributed by atoms with Crippen molar-refractivity contribution in [3.8, 4) is 0 Å². The van der Waals surface area contributed by atoms with E-state index >= 15 is 0 Å². The van der Waals surface area contributed by atoms with Crippen LogP contribution in [0.15, 0.2) is 18.2 Å². The zero-order valence-electron chi connectivity index (χ0n) is 12.8. The number of hydrogen-bond donors (Lipinski definition) is 1. The van der Waals surface area contributed by atoms with Crippen molar-refractivity contribution in [2.45, 2.75) is 26.6 Å². The number of nitrogens with zero attached hydrogens (tertiary/aromatic N) is 1. The van der Waals surface area contributed by atoms with Gasteiger partial charge < -0.3 is 10.5 Å². The average molecular weight is 348 g/mol. The van der Waals surface area contributed by atoms with E-state index in [-0.39, 0.29) is 30.0 Å². The van der Waals surface area contributed by atoms with Gasteiger partial charge >= 0.3 is 18.1 Å². The highest BCUT2D eigenvalue weighted by Crippen LogP contribution is 2.20. The number of hydrogen-bond acceptors (Lipinski definition) is 6. The minimum Gasteiger partial charge on any atom is -0.398 e. The summed E-state index contributed by atoms with van der Waals surface area (Å²) in [4.78, 5) is 38.8. The molecule has 0 aromatic heterocycles. The van der Waals surface area contributed by atoms with Gasteiger partial charge in [-0.1, -0.05) is 0 Å². The zero-order chi connectivity index (χ0) is 18.5. The smallest absolute Gasteiger partial charge is 0.398 e. The third-order valence-corrected chi connectivity index (χ3v) is 2.75. The Labute approximate surface area is 135 Å². The number of nitrogens with two attached hydrogens (primary N) is 1. The molecule has 10 heteroatoms. The fourth-order valence-electron chi connectivity index (χ4n) is 1.63. The van der Waals surface area contributed by atoms with Gasteiger partial charge in [0.15, 0.2) is 0 Å². The molecule has 0 spiro atoms. The molecule has 132 valence electrons. The molecule has 0 saturated carbocycles. The Morgan fingerprint density at radius 3 is 2.38 bits per heavy atom. The number of ether oxygens (including phenoxy) is 1. The number of anilines is 1. The molecule has 0 atom stereocenters. The lowest BCUT2D eigenvalue weighted by molar-refractivity contribution is -0.193. The number of hydroxylamine groups is 2. The molecule has 0 radical (unpaired) electrons. The molecule has 7 nitrogen and oxygen atoms in total. The van der Waals surface area contributed by atoms with Crippen molar-refractivity contribution in [2.75, 3.05) is 12.3 Å². The summed E-state index contributed by atoms with van der Waals surface area (Å²) in [7, 11) is 0. The number of carbonyl (C=O) groups is 3. The molecule has 0 aliphatic rings. The first-order valence-electron chi connectivity index (χ1n) is 6.69. The van der Waals surface area contributed by atoms with Crippen LogP contribution >= 0.6 is 0 Å². The van der Waals surface area contributed by atoms with Crippen molar-refractivity contribution < 1.29 is 37.1 Å². The largest absolute Gasteiger partial charge is 0.491 e. The second-order valence-corrected chi connectivity index (χ2v) is 4.56. The summed E-state index contributed by atoms with van der Waals surface area (Å²) in [5, 5.41) is 0.974. The minimum absolute atomic E-state index is 0.136. The lowest BCUT2D eigenvalue weighted by Gasteiger charge is -2.20. The molecule has 1 aromatic carbocycles. The highest BCUT2D eigenvalue weighted by molar-refractivity contribution is 5.98. The third-order valence-electron chi connectivity index (χ3n) is 2.75. The van der Waals surface area contributed by atoms with Gasteiger partial charge in [0.05, 0.1) is 18.7 Å². The highest BCUT2D eigenvalue weighted by atomic mass is 19.4. The maximum atomic E-state index is 12.1. The molecule has 0 fully saturated rings. The van der Waals surface area contributed by atoms with E-state index in [4.69, 9.17) is 10.6 Å². The van der Waals surface area contributed by atoms with Crippen molar-refractivity contribution >= 4 is 23.5 Å². The van der Waals surface area contributed by atoms with Crippen LogP contribution in [-0.4, -0.2) is 35.7 Å². The van der Waals surface area contributed by atoms with E-state index in [0.717, 1.165) is 17.2 Å². The first kappa shape index (κ1) is 19.4. The average Bonchev–Trinajstić information content (AvgIpc) is 2.47. The number of esters is 2. The summed E-state index contributed by atoms with van der Waals surface area (Å²) in [5.41, 5.74) is 5.81. The van der Waals surface area contributed by atoms with Gasteiger partial charge in [0.1, 0.15) is 0 Å². The van der Waals surface area contributed by atoms with Gasteiger partial charge in [0, 0.05) is 12.6 Å². The summed E-state index contributed by atoms with van der Waals surface area (Å²) in [6.45, 7) is 2.95. The topological polar surface area (TPSA) is 98.9 Å². The number of benzene rings is 1. The van der Waals surface area contributed by atoms with Gasteiger partial charge in [-0.2, -0.15) is 13.2 Å². The lowest BCUT2D eigenvalue weighted by Crippen LogP contribution is -2.29. The molecule has 2 N–H and O–H groups in total. The number of rotatable bonds is 5. The van der Waals surface area contributed by atoms with Crippen molar-refractivity contribution in [3.05, 3.63) is 29.3 Å². The van der Waals surface area contributed by atoms with Crippen LogP contribution in [0, 0.1) is 0 Å². The predicted molar refractivity (Wildman–Crippen MR) is 75.2 cm³/mol. The van der Waals surface area contributed by atoms with Crippen LogP contribution in [-0.2, 0) is 25.7 Å². The third kappa shape index (κ3) is 5.23. The Balaban J connectivity index is 2.98. The van der Waals surface area contributed by atoms with E-state index in [0.29, 0.717) is 0 Å². The van der Waals surface area contributed by atoms with Gasteiger partial charge in [0.2, 0.25) is 5.91 Å². The summed E-state index contributed by atoms with van der Waals surface area (Å²) in [6, 6.07) is 3.47. The number of alkyl halides is 3. The van der Waals surface area contributed by atoms with Gasteiger partial charge in [-0.3, -0.25) is 9.63 Å². The van der Waals surface area contributed by atoms with Crippen molar-refractivity contribution in [1.82, 2.24) is 5.06 Å². The number of nitrogen functional groups attached to an aromatic ring is 1. The summed E-state index contributed by atoms with van der Waals surface area (Å²) >= 11 is 0. The molecule has 24 heavy (non-hydrogen) atoms. The van der Waals surface area contributed by atoms with Crippen molar-refractivity contribution in [3.63, 3.8) is 0 Å². The van der Waals surface area contributed by atoms with E-state index in [9.17, 15) is 27.6 Å². The second kappa shape index (κ2) is 7.77. The van der Waals surface area contributed by atoms with Gasteiger partial charge in [-0.15, -0.1) is 0 Å². The number of halogens is 3. The molecule has 1 aromatic rings. The van der Waals surface area contributed by atoms with Crippen LogP contribution in [0.4, 0.5) is 18.9 Å². The molecule has 1 rings (SSSR count). The first-order valence-corrected chi connectivity index (χ1v) is 6.69. The molecule has 1 amide bonds. The molecule has 0 heterocycles. The van der Waals surface area contributed by atoms with E-state index in [2.05, 4.69) is 4.74 Å². The van der Waals surface area contributed by atoms with E-state index < -0.39 is 24.0 Å². The predicted octanol–water partition coefficient (Wildman–Crippen LogP) is 1.81. The van der Waals surface area contributed by atoms with Gasteiger partial charge in [0.25, 0.3) is 0 Å². The van der Waals surface area contributed by atoms with Crippen molar-refractivity contribution in [2.24, 2.45) is 0 Å². The summed E-state index contributed by atoms with van der Waals surface area (Å²) < 4.78 is 40.1. The SMILES string of the molecule is CCON(Cc1cc(C(=O)OC(=O)C(F)(F)F)ccc1N)C(C)=O. The van der Waals surface area contributed by atoms with E-state index in [1.165, 1.54) is 13.0 Å². The Hall–Kier alpha value is -2.62. The summed E-state index contributed by atoms with van der Waals surface area (Å²) in [6.07, 6.45) is -5.29. The van der Waals surface area contributed by atoms with Gasteiger partial charge in [-0.05, 0) is 30.7 Å². The normalized spacial score (nSPS) is 11.0. The highest BCUT2D eigenvalue weighted by Gasteiger charge is 2.42. The maximum absolute atomic E-state index is 12.1. The molecular weight excluding hydrogens is 333 g/mol. The van der Waals surface area contributed by atoms with Crippen LogP contribution in [0.5, 0.6) is 0 Å². The Kier molecular flexibility index (Phi) is 6.29. The Morgan fingerprint density at radius 1 is 1.25 bits per heavy atom. The second-order valence-electron chi connectivity index (χ2n) is 4.56. The van der Waals surface area contributed by atoms with E-state index in [1.54, 1.807) is 6.92 Å². The van der Waals surface area contributed by atoms with Crippen LogP contribution in [0.25, 0.3) is 0 Å². The quantitative estimate of drug-likeness (QED) is 0.377. The van der Waals surface area contributed by atoms with Crippen LogP contribution in [0.1, 0.15) is 29.8 Å². The molecular formula is C14H15F3N2O5. The fourth-order valence-corrected chi connectivity index (χ4v) is 1.63. The Bertz CT molecular complexity index is 646. The first-order chi connectivity index (χ1) is 11.1. The van der Waals surface area contributed by atoms with Crippen LogP contribution < -0.4 is 5.73 Å². The lowest BCUT2D eigenvalue weighted by atomic mass is 10.1. The minimum atomic E-state index is -5.29. The van der Waals surface area contributed by atoms with Crippen molar-refractivity contribution in [1.29, 1.82) is 0 Å². The zero-order valence-corrected chi connectivity index (χ0v) is 12.8. The fraction of sp³-hybridized carbons (Fsp3) is 0.357. The molecule has 0 bridgehead atoms. The Morgan fingerprint density at radius 2 is 1.88 bits per heavy atom. The number of carbonyl (C=O) groups excluding carboxylic acids is 3. The standard InChI is InChI=1S/C14H15F3N2O5/c1-3-23-19(8(2)20)7-10-6-9(4-5-11(10)18)12(21)24-13(22)14(15,16)17/h4-6H,3,7,18H2,1-2H3. The van der Waals surface area contributed by atoms with Crippen LogP contribution in [0.3, 0.4) is 0 Å². The molecule has 0 aliphatic heterocycles. The summed E-state index contributed by atoms with van der Waals surface area (Å²) in [5.74, 6) is -4.54.